The minimum atomic E-state index is 1.88. The fraction of sp³-hybridized carbons (Fsp3) is 0.333. The minimum Gasteiger partial charge on any atom is -0.250 e. The Kier molecular flexibility index (Phi) is 5.03. The first kappa shape index (κ1) is 6.45. The van der Waals surface area contributed by atoms with E-state index in [1.807, 2.05) is 39.3 Å². The molecule has 0 amide bonds. The van der Waals surface area contributed by atoms with Crippen LogP contribution in [0.3, 0.4) is 0 Å². The van der Waals surface area contributed by atoms with Crippen molar-refractivity contribution in [2.75, 3.05) is 0 Å². The highest BCUT2D eigenvalue weighted by molar-refractivity contribution is 6.37. The van der Waals surface area contributed by atoms with E-state index in [0.717, 1.165) is 0 Å². The largest absolute Gasteiger partial charge is 0.250 e. The lowest BCUT2D eigenvalue weighted by Gasteiger charge is -1.73. The molecule has 0 aromatic heterocycles. The van der Waals surface area contributed by atoms with Crippen LogP contribution in [0.4, 0.5) is 0 Å². The van der Waals surface area contributed by atoms with Crippen LogP contribution >= 0.6 is 0 Å². The first-order valence-corrected chi connectivity index (χ1v) is 2.40. The summed E-state index contributed by atoms with van der Waals surface area (Å²) in [4.78, 5) is 0. The van der Waals surface area contributed by atoms with Crippen LogP contribution in [0.15, 0.2) is 18.2 Å². The zero-order valence-corrected chi connectivity index (χ0v) is 4.81. The van der Waals surface area contributed by atoms with Crippen LogP contribution in [0.25, 0.3) is 0 Å². The fourth-order valence-corrected chi connectivity index (χ4v) is 0.248. The minimum absolute atomic E-state index is 1.88. The Bertz CT molecular complexity index is 72.2. The van der Waals surface area contributed by atoms with Gasteiger partial charge in [0.2, 0.25) is 0 Å². The summed E-state index contributed by atoms with van der Waals surface area (Å²) in [6.45, 7) is 3.92. The van der Waals surface area contributed by atoms with Gasteiger partial charge in [0.1, 0.15) is 0 Å². The Hall–Kier alpha value is -0.545. The molecule has 0 aliphatic rings. The lowest BCUT2D eigenvalue weighted by Crippen LogP contribution is -1.67. The molecule has 0 rings (SSSR count). The van der Waals surface area contributed by atoms with E-state index in [4.69, 9.17) is 0 Å². The van der Waals surface area contributed by atoms with Gasteiger partial charge in [-0.05, 0) is 13.0 Å². The van der Waals surface area contributed by atoms with Gasteiger partial charge in [0.15, 0.2) is 0 Å². The molecule has 0 unspecified atom stereocenters. The van der Waals surface area contributed by atoms with E-state index >= 15 is 0 Å². The van der Waals surface area contributed by atoms with E-state index in [1.165, 1.54) is 0 Å². The van der Waals surface area contributed by atoms with Crippen molar-refractivity contribution in [2.45, 2.75) is 13.7 Å². The maximum absolute atomic E-state index is 2.91. The molecule has 2 radical (unpaired) electrons. The van der Waals surface area contributed by atoms with Gasteiger partial charge >= 0.3 is 0 Å². The highest BCUT2D eigenvalue weighted by Gasteiger charge is 1.60. The molecule has 36 valence electrons. The van der Waals surface area contributed by atoms with E-state index in [-0.39, 0.29) is 0 Å². The molecule has 0 fully saturated rings. The van der Waals surface area contributed by atoms with Crippen LogP contribution in [0, 0.1) is 5.98 Å². The smallest absolute Gasteiger partial charge is 0.0967 e. The summed E-state index contributed by atoms with van der Waals surface area (Å²) in [6, 6.07) is 0. The quantitative estimate of drug-likeness (QED) is 0.276. The van der Waals surface area contributed by atoms with Crippen LogP contribution < -0.4 is 0 Å². The topological polar surface area (TPSA) is 0 Å². The Morgan fingerprint density at radius 1 is 1.57 bits per heavy atom. The van der Waals surface area contributed by atoms with Crippen molar-refractivity contribution in [3.63, 3.8) is 0 Å². The Morgan fingerprint density at radius 2 is 2.29 bits per heavy atom. The molecule has 0 bridgehead atoms. The van der Waals surface area contributed by atoms with Gasteiger partial charge in [0, 0.05) is 0 Å². The number of rotatable bonds is 2. The lowest BCUT2D eigenvalue weighted by atomic mass is 9.82. The predicted octanol–water partition coefficient (Wildman–Crippen LogP) is 1.63. The van der Waals surface area contributed by atoms with Gasteiger partial charge in [-0.2, -0.15) is 0 Å². The Labute approximate surface area is 46.2 Å². The molecule has 0 N–H and O–H groups in total. The molecule has 0 heterocycles. The summed E-state index contributed by atoms with van der Waals surface area (Å²) in [5, 5.41) is 0. The van der Waals surface area contributed by atoms with Crippen LogP contribution in [-0.4, -0.2) is 7.28 Å². The standard InChI is InChI=1S/C6H9B/c1-3-4-5-6-7-2/h3-5H,1-2H3. The number of hydrogen-bond acceptors (Lipinski definition) is 0. The summed E-state index contributed by atoms with van der Waals surface area (Å²) >= 11 is 0. The third-order valence-electron chi connectivity index (χ3n) is 0.552. The summed E-state index contributed by atoms with van der Waals surface area (Å²) < 4.78 is 0. The first-order valence-electron chi connectivity index (χ1n) is 2.40. The summed E-state index contributed by atoms with van der Waals surface area (Å²) in [7, 11) is 1.88. The van der Waals surface area contributed by atoms with E-state index in [9.17, 15) is 0 Å². The predicted molar refractivity (Wildman–Crippen MR) is 34.2 cm³/mol. The number of hydrogen-bond donors (Lipinski definition) is 0. The zero-order valence-electron chi connectivity index (χ0n) is 4.81. The van der Waals surface area contributed by atoms with Crippen molar-refractivity contribution < 1.29 is 0 Å². The molecule has 1 heteroatoms. The highest BCUT2D eigenvalue weighted by Crippen LogP contribution is 1.71. The van der Waals surface area contributed by atoms with E-state index in [1.54, 1.807) is 0 Å². The SMILES string of the molecule is C[B-][C+]=CC=CC. The number of allylic oxidation sites excluding steroid dienone is 3. The zero-order chi connectivity index (χ0) is 5.54. The molecule has 0 atom stereocenters. The van der Waals surface area contributed by atoms with Crippen LogP contribution in [0.5, 0.6) is 0 Å². The van der Waals surface area contributed by atoms with Gasteiger partial charge < -0.3 is 0 Å². The van der Waals surface area contributed by atoms with Gasteiger partial charge in [0.05, 0.1) is 12.2 Å². The fourth-order valence-electron chi connectivity index (χ4n) is 0.248. The third-order valence-corrected chi connectivity index (χ3v) is 0.552. The van der Waals surface area contributed by atoms with Crippen LogP contribution in [-0.2, 0) is 0 Å². The van der Waals surface area contributed by atoms with Crippen molar-refractivity contribution >= 4 is 7.28 Å². The molecule has 0 spiro atoms. The van der Waals surface area contributed by atoms with E-state index in [0.29, 0.717) is 0 Å². The molecule has 0 saturated carbocycles. The average Bonchev–Trinajstić information content (AvgIpc) is 1.69. The molecule has 0 aliphatic heterocycles. The second kappa shape index (κ2) is 5.45. The van der Waals surface area contributed by atoms with Crippen molar-refractivity contribution in [3.05, 3.63) is 24.2 Å². The monoisotopic (exact) mass is 92.1 g/mol. The van der Waals surface area contributed by atoms with Crippen LogP contribution in [0.1, 0.15) is 6.92 Å². The summed E-state index contributed by atoms with van der Waals surface area (Å²) in [5.74, 6) is 2.91. The summed E-state index contributed by atoms with van der Waals surface area (Å²) in [5.41, 5.74) is 0. The summed E-state index contributed by atoms with van der Waals surface area (Å²) in [6.07, 6.45) is 5.79. The van der Waals surface area contributed by atoms with Crippen molar-refractivity contribution in [3.8, 4) is 0 Å². The molecule has 0 saturated heterocycles. The molecule has 0 aliphatic carbocycles. The van der Waals surface area contributed by atoms with Gasteiger partial charge in [-0.15, -0.1) is 0 Å². The molecule has 7 heavy (non-hydrogen) atoms. The van der Waals surface area contributed by atoms with E-state index < -0.39 is 0 Å². The lowest BCUT2D eigenvalue weighted by molar-refractivity contribution is 1.73. The normalized spacial score (nSPS) is 10.6. The van der Waals surface area contributed by atoms with Gasteiger partial charge in [0.25, 0.3) is 0 Å². The Morgan fingerprint density at radius 3 is 2.71 bits per heavy atom. The average molecular weight is 92.0 g/mol. The molecular weight excluding hydrogens is 82.9 g/mol. The first-order chi connectivity index (χ1) is 3.41. The third kappa shape index (κ3) is 5.45. The second-order valence-corrected chi connectivity index (χ2v) is 1.15. The van der Waals surface area contributed by atoms with Gasteiger partial charge in [-0.3, -0.25) is 0 Å². The maximum atomic E-state index is 2.91. The molecule has 0 aromatic carbocycles. The van der Waals surface area contributed by atoms with Crippen molar-refractivity contribution in [2.24, 2.45) is 0 Å². The van der Waals surface area contributed by atoms with Crippen molar-refractivity contribution in [1.82, 2.24) is 0 Å². The van der Waals surface area contributed by atoms with Crippen molar-refractivity contribution in [1.29, 1.82) is 0 Å². The van der Waals surface area contributed by atoms with E-state index in [2.05, 4.69) is 5.98 Å². The van der Waals surface area contributed by atoms with Crippen LogP contribution in [0.2, 0.25) is 6.82 Å². The molecule has 0 nitrogen and oxygen atoms in total. The Balaban J connectivity index is 3.09. The van der Waals surface area contributed by atoms with Gasteiger partial charge in [-0.25, -0.2) is 12.8 Å². The van der Waals surface area contributed by atoms with Gasteiger partial charge in [-0.1, -0.05) is 7.28 Å². The molecular formula is C6H9B. The second-order valence-electron chi connectivity index (χ2n) is 1.15. The molecule has 0 aromatic rings. The maximum Gasteiger partial charge on any atom is 0.0967 e. The highest BCUT2D eigenvalue weighted by atomic mass is 13.5.